The van der Waals surface area contributed by atoms with E-state index in [0.717, 1.165) is 0 Å². The Morgan fingerprint density at radius 2 is 2.31 bits per heavy atom. The van der Waals surface area contributed by atoms with E-state index in [0.29, 0.717) is 22.9 Å². The maximum atomic E-state index is 11.4. The van der Waals surface area contributed by atoms with E-state index in [1.165, 1.54) is 0 Å². The van der Waals surface area contributed by atoms with Crippen molar-refractivity contribution in [3.8, 4) is 0 Å². The summed E-state index contributed by atoms with van der Waals surface area (Å²) in [5.74, 6) is 0.558. The van der Waals surface area contributed by atoms with Gasteiger partial charge in [0.2, 0.25) is 11.9 Å². The average Bonchev–Trinajstić information content (AvgIpc) is 2.16. The van der Waals surface area contributed by atoms with Gasteiger partial charge in [0.15, 0.2) is 0 Å². The van der Waals surface area contributed by atoms with Gasteiger partial charge in [0.1, 0.15) is 16.5 Å². The molecule has 1 atom stereocenters. The maximum absolute atomic E-state index is 11.4. The summed E-state index contributed by atoms with van der Waals surface area (Å²) in [7, 11) is 0. The minimum Gasteiger partial charge on any atom is -0.383 e. The Morgan fingerprint density at radius 1 is 1.62 bits per heavy atom. The molecule has 0 spiro atoms. The van der Waals surface area contributed by atoms with Crippen molar-refractivity contribution in [3.63, 3.8) is 0 Å². The van der Waals surface area contributed by atoms with Crippen molar-refractivity contribution in [1.82, 2.24) is 15.3 Å². The van der Waals surface area contributed by atoms with Crippen molar-refractivity contribution in [2.75, 3.05) is 17.6 Å². The van der Waals surface area contributed by atoms with E-state index in [1.54, 1.807) is 13.0 Å². The molecule has 1 rings (SSSR count). The van der Waals surface area contributed by atoms with Gasteiger partial charge in [0.05, 0.1) is 0 Å². The van der Waals surface area contributed by atoms with Crippen LogP contribution in [-0.2, 0) is 4.79 Å². The number of hydrogen-bond donors (Lipinski definition) is 3. The molecule has 1 heterocycles. The van der Waals surface area contributed by atoms with Crippen LogP contribution in [0.25, 0.3) is 0 Å². The molecule has 6 nitrogen and oxygen atoms in total. The van der Waals surface area contributed by atoms with Crippen molar-refractivity contribution in [2.45, 2.75) is 19.9 Å². The molecule has 0 radical (unpaired) electrons. The minimum absolute atomic E-state index is 0.107. The topological polar surface area (TPSA) is 92.9 Å². The second kappa shape index (κ2) is 5.64. The molecule has 7 heteroatoms. The lowest BCUT2D eigenvalue weighted by molar-refractivity contribution is -0.121. The van der Waals surface area contributed by atoms with Gasteiger partial charge in [-0.25, -0.2) is 4.98 Å². The fourth-order valence-corrected chi connectivity index (χ4v) is 1.49. The zero-order valence-corrected chi connectivity index (χ0v) is 10.7. The number of hydrogen-bond acceptors (Lipinski definition) is 5. The standard InChI is InChI=1S/C9H14BrN5O/c1-3-12-8(16)5(2)13-9-14-6(10)4-7(11)15-9/h4-5H,3H2,1-2H3,(H,12,16)(H3,11,13,14,15). The molecule has 16 heavy (non-hydrogen) atoms. The van der Waals surface area contributed by atoms with Gasteiger partial charge in [-0.2, -0.15) is 4.98 Å². The average molecular weight is 288 g/mol. The summed E-state index contributed by atoms with van der Waals surface area (Å²) in [5.41, 5.74) is 5.55. The molecular formula is C9H14BrN5O. The number of halogens is 1. The molecule has 0 aromatic carbocycles. The Hall–Kier alpha value is -1.37. The summed E-state index contributed by atoms with van der Waals surface area (Å²) >= 11 is 3.20. The quantitative estimate of drug-likeness (QED) is 0.711. The number of nitrogens with one attached hydrogen (secondary N) is 2. The molecule has 1 amide bonds. The number of nitrogens with zero attached hydrogens (tertiary/aromatic N) is 2. The van der Waals surface area contributed by atoms with Gasteiger partial charge in [0.25, 0.3) is 0 Å². The van der Waals surface area contributed by atoms with Crippen LogP contribution in [0.2, 0.25) is 0 Å². The van der Waals surface area contributed by atoms with Crippen LogP contribution >= 0.6 is 15.9 Å². The molecule has 1 unspecified atom stereocenters. The Kier molecular flexibility index (Phi) is 4.48. The Bertz CT molecular complexity index is 364. The largest absolute Gasteiger partial charge is 0.383 e. The Balaban J connectivity index is 2.69. The first-order valence-corrected chi connectivity index (χ1v) is 5.66. The van der Waals surface area contributed by atoms with Crippen LogP contribution in [0.1, 0.15) is 13.8 Å². The molecule has 0 saturated carbocycles. The zero-order chi connectivity index (χ0) is 12.1. The number of amides is 1. The van der Waals surface area contributed by atoms with E-state index < -0.39 is 6.04 Å². The van der Waals surface area contributed by atoms with Crippen molar-refractivity contribution >= 4 is 33.6 Å². The second-order valence-electron chi connectivity index (χ2n) is 3.20. The van der Waals surface area contributed by atoms with Gasteiger partial charge in [-0.05, 0) is 29.8 Å². The predicted octanol–water partition coefficient (Wildman–Crippen LogP) is 0.758. The number of nitrogens with two attached hydrogens (primary N) is 1. The molecule has 0 fully saturated rings. The third-order valence-electron chi connectivity index (χ3n) is 1.80. The molecule has 0 saturated heterocycles. The number of rotatable bonds is 4. The van der Waals surface area contributed by atoms with Crippen molar-refractivity contribution in [2.24, 2.45) is 0 Å². The highest BCUT2D eigenvalue weighted by molar-refractivity contribution is 9.10. The van der Waals surface area contributed by atoms with Gasteiger partial charge in [-0.3, -0.25) is 4.79 Å². The van der Waals surface area contributed by atoms with Gasteiger partial charge in [-0.15, -0.1) is 0 Å². The van der Waals surface area contributed by atoms with Crippen LogP contribution in [-0.4, -0.2) is 28.5 Å². The molecule has 0 aliphatic carbocycles. The van der Waals surface area contributed by atoms with Gasteiger partial charge in [-0.1, -0.05) is 0 Å². The van der Waals surface area contributed by atoms with E-state index >= 15 is 0 Å². The van der Waals surface area contributed by atoms with Crippen LogP contribution in [0.5, 0.6) is 0 Å². The van der Waals surface area contributed by atoms with E-state index in [9.17, 15) is 4.79 Å². The first kappa shape index (κ1) is 12.7. The van der Waals surface area contributed by atoms with Crippen LogP contribution < -0.4 is 16.4 Å². The number of aromatic nitrogens is 2. The van der Waals surface area contributed by atoms with Crippen LogP contribution in [0, 0.1) is 0 Å². The molecule has 0 aliphatic rings. The highest BCUT2D eigenvalue weighted by Gasteiger charge is 2.12. The number of carbonyl (C=O) groups is 1. The minimum atomic E-state index is -0.409. The molecule has 1 aromatic heterocycles. The third-order valence-corrected chi connectivity index (χ3v) is 2.21. The molecular weight excluding hydrogens is 274 g/mol. The first-order chi connectivity index (χ1) is 7.52. The van der Waals surface area contributed by atoms with E-state index in [1.807, 2.05) is 6.92 Å². The summed E-state index contributed by atoms with van der Waals surface area (Å²) in [6.45, 7) is 4.18. The SMILES string of the molecule is CCNC(=O)C(C)Nc1nc(N)cc(Br)n1. The van der Waals surface area contributed by atoms with Crippen molar-refractivity contribution in [1.29, 1.82) is 0 Å². The lowest BCUT2D eigenvalue weighted by atomic mass is 10.3. The summed E-state index contributed by atoms with van der Waals surface area (Å²) in [6.07, 6.45) is 0. The molecule has 1 aromatic rings. The van der Waals surface area contributed by atoms with Crippen LogP contribution in [0.15, 0.2) is 10.7 Å². The van der Waals surface area contributed by atoms with Crippen molar-refractivity contribution in [3.05, 3.63) is 10.7 Å². The number of carbonyl (C=O) groups excluding carboxylic acids is 1. The highest BCUT2D eigenvalue weighted by atomic mass is 79.9. The summed E-state index contributed by atoms with van der Waals surface area (Å²) in [6, 6.07) is 1.18. The molecule has 4 N–H and O–H groups in total. The van der Waals surface area contributed by atoms with E-state index in [4.69, 9.17) is 5.73 Å². The predicted molar refractivity (Wildman–Crippen MR) is 65.9 cm³/mol. The van der Waals surface area contributed by atoms with E-state index in [2.05, 4.69) is 36.5 Å². The number of anilines is 2. The number of nitrogen functional groups attached to an aromatic ring is 1. The van der Waals surface area contributed by atoms with Crippen LogP contribution in [0.3, 0.4) is 0 Å². The fraction of sp³-hybridized carbons (Fsp3) is 0.444. The molecule has 88 valence electrons. The molecule has 0 aliphatic heterocycles. The van der Waals surface area contributed by atoms with Gasteiger partial charge in [0, 0.05) is 12.6 Å². The van der Waals surface area contributed by atoms with Crippen molar-refractivity contribution < 1.29 is 4.79 Å². The summed E-state index contributed by atoms with van der Waals surface area (Å²) < 4.78 is 0.575. The van der Waals surface area contributed by atoms with Gasteiger partial charge >= 0.3 is 0 Å². The third kappa shape index (κ3) is 3.65. The smallest absolute Gasteiger partial charge is 0.242 e. The second-order valence-corrected chi connectivity index (χ2v) is 4.01. The lowest BCUT2D eigenvalue weighted by Gasteiger charge is -2.13. The zero-order valence-electron chi connectivity index (χ0n) is 9.12. The highest BCUT2D eigenvalue weighted by Crippen LogP contribution is 2.12. The van der Waals surface area contributed by atoms with Gasteiger partial charge < -0.3 is 16.4 Å². The normalized spacial score (nSPS) is 11.9. The Morgan fingerprint density at radius 3 is 2.88 bits per heavy atom. The maximum Gasteiger partial charge on any atom is 0.242 e. The monoisotopic (exact) mass is 287 g/mol. The summed E-state index contributed by atoms with van der Waals surface area (Å²) in [5, 5.41) is 5.56. The molecule has 0 bridgehead atoms. The lowest BCUT2D eigenvalue weighted by Crippen LogP contribution is -2.37. The first-order valence-electron chi connectivity index (χ1n) is 4.87. The Labute approximate surface area is 102 Å². The summed E-state index contributed by atoms with van der Waals surface area (Å²) in [4.78, 5) is 19.5. The van der Waals surface area contributed by atoms with Crippen LogP contribution in [0.4, 0.5) is 11.8 Å². The fourth-order valence-electron chi connectivity index (χ4n) is 1.09. The van der Waals surface area contributed by atoms with E-state index in [-0.39, 0.29) is 5.91 Å². The number of likely N-dealkylation sites (N-methyl/N-ethyl adjacent to an activating group) is 1.